The molecule has 7 heteroatoms. The Morgan fingerprint density at radius 3 is 1.46 bits per heavy atom. The molecule has 0 aromatic heterocycles. The second-order valence-electron chi connectivity index (χ2n) is 7.77. The van der Waals surface area contributed by atoms with Crippen molar-refractivity contribution in [2.45, 2.75) is 116 Å². The van der Waals surface area contributed by atoms with Gasteiger partial charge in [-0.1, -0.05) is 103 Å². The summed E-state index contributed by atoms with van der Waals surface area (Å²) < 4.78 is 10.2. The molecule has 0 heterocycles. The zero-order chi connectivity index (χ0) is 20.9. The van der Waals surface area contributed by atoms with E-state index in [9.17, 15) is 0 Å². The Labute approximate surface area is 178 Å². The van der Waals surface area contributed by atoms with Crippen LogP contribution in [0.15, 0.2) is 0 Å². The van der Waals surface area contributed by atoms with Crippen LogP contribution in [-0.4, -0.2) is 40.8 Å². The number of aliphatic hydroxyl groups excluding tert-OH is 1. The van der Waals surface area contributed by atoms with Gasteiger partial charge in [0.1, 0.15) is 6.10 Å². The van der Waals surface area contributed by atoms with E-state index in [1.165, 1.54) is 89.9 Å². The molecule has 0 aliphatic heterocycles. The molecule has 3 N–H and O–H groups in total. The van der Waals surface area contributed by atoms with Gasteiger partial charge in [0.15, 0.2) is 0 Å². The van der Waals surface area contributed by atoms with Crippen molar-refractivity contribution in [3.05, 3.63) is 0 Å². The molecule has 5 nitrogen and oxygen atoms in total. The molecule has 0 fully saturated rings. The number of hydrogen-bond acceptors (Lipinski definition) is 4. The van der Waals surface area contributed by atoms with Gasteiger partial charge < -0.3 is 24.2 Å². The summed E-state index contributed by atoms with van der Waals surface area (Å²) in [6, 6.07) is 0. The first kappa shape index (κ1) is 28.5. The van der Waals surface area contributed by atoms with Crippen LogP contribution < -0.4 is 0 Å². The molecule has 0 aromatic rings. The van der Waals surface area contributed by atoms with Crippen LogP contribution in [0.2, 0.25) is 0 Å². The third-order valence-corrected chi connectivity index (χ3v) is 5.79. The van der Waals surface area contributed by atoms with Gasteiger partial charge in [-0.3, -0.25) is 0 Å². The highest BCUT2D eigenvalue weighted by Gasteiger charge is 2.14. The summed E-state index contributed by atoms with van der Waals surface area (Å²) in [4.78, 5) is 18.0. The van der Waals surface area contributed by atoms with Crippen molar-refractivity contribution in [3.8, 4) is 0 Å². The van der Waals surface area contributed by atoms with Crippen molar-refractivity contribution in [1.82, 2.24) is 0 Å². The van der Waals surface area contributed by atoms with Crippen molar-refractivity contribution in [2.24, 2.45) is 0 Å². The van der Waals surface area contributed by atoms with E-state index in [2.05, 4.69) is 18.7 Å². The minimum atomic E-state index is -3.67. The van der Waals surface area contributed by atoms with Crippen molar-refractivity contribution in [3.63, 3.8) is 0 Å². The van der Waals surface area contributed by atoms with Crippen LogP contribution in [0.4, 0.5) is 0 Å². The molecular weight excluding hydrogens is 395 g/mol. The standard InChI is InChI=1S/C21H45O5PS/c1-2-3-4-5-6-7-8-9-10-11-12-13-14-15-16-17-18-25-21(19-22)20-26-27(23,24)28/h21-22H,2-20H2,1H3,(H2,23,24,28). The number of rotatable bonds is 22. The summed E-state index contributed by atoms with van der Waals surface area (Å²) in [5, 5.41) is 9.17. The monoisotopic (exact) mass is 440 g/mol. The topological polar surface area (TPSA) is 79.2 Å². The fourth-order valence-corrected chi connectivity index (χ4v) is 3.78. The van der Waals surface area contributed by atoms with E-state index in [1.54, 1.807) is 0 Å². The summed E-state index contributed by atoms with van der Waals surface area (Å²) >= 11 is 4.37. The number of ether oxygens (including phenoxy) is 1. The summed E-state index contributed by atoms with van der Waals surface area (Å²) in [6.45, 7) is -1.15. The zero-order valence-corrected chi connectivity index (χ0v) is 19.7. The van der Waals surface area contributed by atoms with E-state index < -0.39 is 12.8 Å². The molecule has 28 heavy (non-hydrogen) atoms. The Kier molecular flexibility index (Phi) is 21.0. The van der Waals surface area contributed by atoms with E-state index in [1.807, 2.05) is 0 Å². The third-order valence-electron chi connectivity index (χ3n) is 4.98. The smallest absolute Gasteiger partial charge is 0.321 e. The van der Waals surface area contributed by atoms with Gasteiger partial charge in [-0.05, 0) is 18.2 Å². The maximum atomic E-state index is 9.17. The largest absolute Gasteiger partial charge is 0.394 e. The molecule has 0 aromatic carbocycles. The maximum absolute atomic E-state index is 9.17. The lowest BCUT2D eigenvalue weighted by atomic mass is 10.0. The zero-order valence-electron chi connectivity index (χ0n) is 18.0. The summed E-state index contributed by atoms with van der Waals surface area (Å²) in [6.07, 6.45) is 20.7. The summed E-state index contributed by atoms with van der Waals surface area (Å²) in [7, 11) is 0. The van der Waals surface area contributed by atoms with Gasteiger partial charge >= 0.3 is 6.72 Å². The predicted molar refractivity (Wildman–Crippen MR) is 121 cm³/mol. The van der Waals surface area contributed by atoms with Gasteiger partial charge in [-0.25, -0.2) is 0 Å². The van der Waals surface area contributed by atoms with Crippen molar-refractivity contribution in [2.75, 3.05) is 19.8 Å². The molecule has 1 atom stereocenters. The molecule has 0 saturated carbocycles. The van der Waals surface area contributed by atoms with Gasteiger partial charge in [0, 0.05) is 6.61 Å². The molecule has 0 saturated heterocycles. The van der Waals surface area contributed by atoms with Crippen LogP contribution in [0.5, 0.6) is 0 Å². The number of unbranched alkanes of at least 4 members (excludes halogenated alkanes) is 15. The highest BCUT2D eigenvalue weighted by Crippen LogP contribution is 2.36. The molecular formula is C21H45O5PS. The molecule has 1 unspecified atom stereocenters. The van der Waals surface area contributed by atoms with E-state index in [-0.39, 0.29) is 13.2 Å². The van der Waals surface area contributed by atoms with Crippen LogP contribution >= 0.6 is 6.72 Å². The molecule has 170 valence electrons. The van der Waals surface area contributed by atoms with E-state index in [0.717, 1.165) is 12.8 Å². The second-order valence-corrected chi connectivity index (χ2v) is 10.4. The normalized spacial score (nSPS) is 13.1. The molecule has 0 aliphatic carbocycles. The minimum absolute atomic E-state index is 0.0837. The van der Waals surface area contributed by atoms with Crippen molar-refractivity contribution in [1.29, 1.82) is 0 Å². The van der Waals surface area contributed by atoms with Gasteiger partial charge in [0.05, 0.1) is 13.2 Å². The highest BCUT2D eigenvalue weighted by atomic mass is 32.5. The summed E-state index contributed by atoms with van der Waals surface area (Å²) in [5.41, 5.74) is 0. The van der Waals surface area contributed by atoms with Crippen LogP contribution in [0.3, 0.4) is 0 Å². The Bertz CT molecular complexity index is 365. The first-order valence-electron chi connectivity index (χ1n) is 11.4. The van der Waals surface area contributed by atoms with E-state index in [0.29, 0.717) is 6.61 Å². The van der Waals surface area contributed by atoms with Crippen molar-refractivity contribution < 1.29 is 24.2 Å². The molecule has 0 rings (SSSR count). The Morgan fingerprint density at radius 1 is 0.714 bits per heavy atom. The van der Waals surface area contributed by atoms with Gasteiger partial charge in [0.2, 0.25) is 0 Å². The Hall–Kier alpha value is 0.450. The van der Waals surface area contributed by atoms with Gasteiger partial charge in [0.25, 0.3) is 0 Å². The van der Waals surface area contributed by atoms with Gasteiger partial charge in [-0.15, -0.1) is 0 Å². The SMILES string of the molecule is CCCCCCCCCCCCCCCCCCOC(CO)COP(O)(O)=S. The van der Waals surface area contributed by atoms with Crippen LogP contribution in [0.25, 0.3) is 0 Å². The lowest BCUT2D eigenvalue weighted by Gasteiger charge is -2.17. The summed E-state index contributed by atoms with van der Waals surface area (Å²) in [5.74, 6) is 0. The molecule has 0 aliphatic rings. The molecule has 0 radical (unpaired) electrons. The van der Waals surface area contributed by atoms with Crippen LogP contribution in [0.1, 0.15) is 110 Å². The average molecular weight is 441 g/mol. The fraction of sp³-hybridized carbons (Fsp3) is 1.00. The number of hydrogen-bond donors (Lipinski definition) is 3. The third kappa shape index (κ3) is 22.7. The average Bonchev–Trinajstić information content (AvgIpc) is 2.65. The van der Waals surface area contributed by atoms with E-state index >= 15 is 0 Å². The van der Waals surface area contributed by atoms with Crippen LogP contribution in [0, 0.1) is 0 Å². The first-order chi connectivity index (χ1) is 13.5. The lowest BCUT2D eigenvalue weighted by molar-refractivity contribution is -0.0172. The predicted octanol–water partition coefficient (Wildman–Crippen LogP) is 5.85. The Morgan fingerprint density at radius 2 is 1.11 bits per heavy atom. The number of aliphatic hydroxyl groups is 1. The highest BCUT2D eigenvalue weighted by molar-refractivity contribution is 8.06. The molecule has 0 amide bonds. The molecule has 0 spiro atoms. The van der Waals surface area contributed by atoms with Gasteiger partial charge in [-0.2, -0.15) is 0 Å². The fourth-order valence-electron chi connectivity index (χ4n) is 3.23. The Balaban J connectivity index is 3.24. The van der Waals surface area contributed by atoms with Crippen molar-refractivity contribution >= 4 is 18.5 Å². The molecule has 0 bridgehead atoms. The first-order valence-corrected chi connectivity index (χ1v) is 14.0. The van der Waals surface area contributed by atoms with Crippen LogP contribution in [-0.2, 0) is 21.1 Å². The minimum Gasteiger partial charge on any atom is -0.394 e. The lowest BCUT2D eigenvalue weighted by Crippen LogP contribution is -2.24. The maximum Gasteiger partial charge on any atom is 0.321 e. The second kappa shape index (κ2) is 20.7. The van der Waals surface area contributed by atoms with E-state index in [4.69, 9.17) is 24.2 Å². The quantitative estimate of drug-likeness (QED) is 0.145.